The number of hydrogen-bond donors (Lipinski definition) is 1. The lowest BCUT2D eigenvalue weighted by molar-refractivity contribution is 1.37. The summed E-state index contributed by atoms with van der Waals surface area (Å²) in [5.41, 5.74) is 7.96. The summed E-state index contributed by atoms with van der Waals surface area (Å²) in [7, 11) is 0. The fourth-order valence-corrected chi connectivity index (χ4v) is 2.74. The predicted octanol–water partition coefficient (Wildman–Crippen LogP) is 3.61. The van der Waals surface area contributed by atoms with Crippen LogP contribution in [-0.2, 0) is 0 Å². The van der Waals surface area contributed by atoms with E-state index in [1.807, 2.05) is 36.4 Å². The van der Waals surface area contributed by atoms with Crippen molar-refractivity contribution in [2.75, 3.05) is 0 Å². The van der Waals surface area contributed by atoms with Crippen molar-refractivity contribution in [3.05, 3.63) is 54.1 Å². The zero-order valence-corrected chi connectivity index (χ0v) is 10.6. The van der Waals surface area contributed by atoms with E-state index in [2.05, 4.69) is 17.1 Å². The van der Waals surface area contributed by atoms with Crippen molar-refractivity contribution in [2.24, 2.45) is 10.7 Å². The van der Waals surface area contributed by atoms with Crippen LogP contribution in [0, 0.1) is 0 Å². The molecule has 2 N–H and O–H groups in total. The lowest BCUT2D eigenvalue weighted by atomic mass is 10.2. The molecule has 1 aliphatic heterocycles. The molecular formula is C13H11ClN2S. The molecule has 1 aliphatic rings. The number of hydrogen-bond acceptors (Lipinski definition) is 3. The van der Waals surface area contributed by atoms with E-state index in [4.69, 9.17) is 5.73 Å². The molecule has 2 aromatic carbocycles. The smallest absolute Gasteiger partial charge is 0.132 e. The Kier molecular flexibility index (Phi) is 3.41. The summed E-state index contributed by atoms with van der Waals surface area (Å²) in [4.78, 5) is 6.76. The van der Waals surface area contributed by atoms with Gasteiger partial charge in [0.25, 0.3) is 0 Å². The topological polar surface area (TPSA) is 38.4 Å². The molecule has 17 heavy (non-hydrogen) atoms. The Morgan fingerprint density at radius 1 is 0.882 bits per heavy atom. The first kappa shape index (κ1) is 12.0. The summed E-state index contributed by atoms with van der Waals surface area (Å²) in [5, 5.41) is 0. The number of rotatable bonds is 0. The van der Waals surface area contributed by atoms with E-state index >= 15 is 0 Å². The zero-order chi connectivity index (χ0) is 11.0. The second kappa shape index (κ2) is 4.82. The molecule has 0 bridgehead atoms. The zero-order valence-electron chi connectivity index (χ0n) is 8.96. The fourth-order valence-electron chi connectivity index (χ4n) is 1.71. The molecule has 0 radical (unpaired) electrons. The standard InChI is InChI=1S/C13H10N2S.ClH/c14-13-9-5-1-3-7-11(9)16-12-8-4-2-6-10(12)15-13;/h1-8H,(H2,14,15);1H. The Morgan fingerprint density at radius 2 is 1.53 bits per heavy atom. The van der Waals surface area contributed by atoms with Gasteiger partial charge in [-0.3, -0.25) is 0 Å². The van der Waals surface area contributed by atoms with E-state index < -0.39 is 0 Å². The number of nitrogens with two attached hydrogens (primary N) is 1. The van der Waals surface area contributed by atoms with Crippen LogP contribution in [-0.4, -0.2) is 5.84 Å². The number of nitrogens with zero attached hydrogens (tertiary/aromatic N) is 1. The van der Waals surface area contributed by atoms with Crippen molar-refractivity contribution < 1.29 is 0 Å². The third-order valence-electron chi connectivity index (χ3n) is 2.49. The third kappa shape index (κ3) is 2.16. The fraction of sp³-hybridized carbons (Fsp3) is 0. The summed E-state index contributed by atoms with van der Waals surface area (Å²) in [5.74, 6) is 0.591. The Bertz CT molecular complexity index is 581. The van der Waals surface area contributed by atoms with Crippen LogP contribution in [0.2, 0.25) is 0 Å². The highest BCUT2D eigenvalue weighted by molar-refractivity contribution is 7.99. The van der Waals surface area contributed by atoms with Gasteiger partial charge >= 0.3 is 0 Å². The van der Waals surface area contributed by atoms with Gasteiger partial charge in [0.15, 0.2) is 0 Å². The van der Waals surface area contributed by atoms with Gasteiger partial charge in [-0.1, -0.05) is 42.1 Å². The van der Waals surface area contributed by atoms with E-state index in [1.165, 1.54) is 0 Å². The van der Waals surface area contributed by atoms with Gasteiger partial charge in [-0.25, -0.2) is 4.99 Å². The van der Waals surface area contributed by atoms with Crippen molar-refractivity contribution in [3.8, 4) is 0 Å². The van der Waals surface area contributed by atoms with E-state index in [-0.39, 0.29) is 12.4 Å². The first-order valence-corrected chi connectivity index (χ1v) is 5.87. The summed E-state index contributed by atoms with van der Waals surface area (Å²) in [6, 6.07) is 16.1. The molecule has 3 rings (SSSR count). The van der Waals surface area contributed by atoms with Crippen LogP contribution in [0.3, 0.4) is 0 Å². The Morgan fingerprint density at radius 3 is 2.35 bits per heavy atom. The molecule has 1 heterocycles. The first-order valence-electron chi connectivity index (χ1n) is 5.05. The second-order valence-electron chi connectivity index (χ2n) is 3.56. The molecule has 2 aromatic rings. The number of amidine groups is 1. The summed E-state index contributed by atoms with van der Waals surface area (Å²) in [6.45, 7) is 0. The average molecular weight is 263 g/mol. The number of aliphatic imine (C=N–C) groups is 1. The van der Waals surface area contributed by atoms with Gasteiger partial charge in [-0.05, 0) is 18.2 Å². The highest BCUT2D eigenvalue weighted by Gasteiger charge is 2.13. The largest absolute Gasteiger partial charge is 0.383 e. The minimum atomic E-state index is 0. The summed E-state index contributed by atoms with van der Waals surface area (Å²) < 4.78 is 0. The quantitative estimate of drug-likeness (QED) is 0.788. The van der Waals surface area contributed by atoms with Crippen LogP contribution in [0.1, 0.15) is 5.56 Å². The third-order valence-corrected chi connectivity index (χ3v) is 3.63. The van der Waals surface area contributed by atoms with Gasteiger partial charge in [0.05, 0.1) is 5.69 Å². The highest BCUT2D eigenvalue weighted by Crippen LogP contribution is 2.39. The highest BCUT2D eigenvalue weighted by atomic mass is 35.5. The van der Waals surface area contributed by atoms with Crippen LogP contribution < -0.4 is 5.73 Å². The lowest BCUT2D eigenvalue weighted by Crippen LogP contribution is -2.12. The average Bonchev–Trinajstić information content (AvgIpc) is 2.45. The number of fused-ring (bicyclic) bond motifs is 2. The van der Waals surface area contributed by atoms with Crippen LogP contribution in [0.4, 0.5) is 5.69 Å². The van der Waals surface area contributed by atoms with Gasteiger partial charge in [0.1, 0.15) is 5.84 Å². The van der Waals surface area contributed by atoms with Crippen molar-refractivity contribution in [1.82, 2.24) is 0 Å². The molecule has 0 aromatic heterocycles. The normalized spacial score (nSPS) is 12.6. The first-order chi connectivity index (χ1) is 7.84. The summed E-state index contributed by atoms with van der Waals surface area (Å²) >= 11 is 1.71. The van der Waals surface area contributed by atoms with Crippen molar-refractivity contribution in [3.63, 3.8) is 0 Å². The SMILES string of the molecule is Cl.NC1=Nc2ccccc2Sc2ccccc21. The second-order valence-corrected chi connectivity index (χ2v) is 4.65. The van der Waals surface area contributed by atoms with Crippen LogP contribution in [0.25, 0.3) is 0 Å². The van der Waals surface area contributed by atoms with E-state index in [1.54, 1.807) is 11.8 Å². The Hall–Kier alpha value is -1.45. The molecule has 0 saturated carbocycles. The Labute approximate surface area is 110 Å². The molecule has 0 amide bonds. The van der Waals surface area contributed by atoms with Crippen molar-refractivity contribution >= 4 is 35.7 Å². The van der Waals surface area contributed by atoms with Crippen LogP contribution in [0.15, 0.2) is 63.3 Å². The van der Waals surface area contributed by atoms with Crippen molar-refractivity contribution in [2.45, 2.75) is 9.79 Å². The molecule has 0 fully saturated rings. The monoisotopic (exact) mass is 262 g/mol. The minimum Gasteiger partial charge on any atom is -0.383 e. The molecular weight excluding hydrogens is 252 g/mol. The van der Waals surface area contributed by atoms with E-state index in [0.29, 0.717) is 5.84 Å². The maximum absolute atomic E-state index is 6.00. The van der Waals surface area contributed by atoms with Gasteiger partial charge in [-0.15, -0.1) is 12.4 Å². The van der Waals surface area contributed by atoms with E-state index in [0.717, 1.165) is 21.0 Å². The van der Waals surface area contributed by atoms with Gasteiger partial charge < -0.3 is 5.73 Å². The van der Waals surface area contributed by atoms with Crippen LogP contribution >= 0.6 is 24.2 Å². The predicted molar refractivity (Wildman–Crippen MR) is 74.6 cm³/mol. The van der Waals surface area contributed by atoms with Gasteiger partial charge in [-0.2, -0.15) is 0 Å². The van der Waals surface area contributed by atoms with E-state index in [9.17, 15) is 0 Å². The molecule has 0 atom stereocenters. The maximum Gasteiger partial charge on any atom is 0.132 e. The molecule has 0 unspecified atom stereocenters. The Balaban J connectivity index is 0.00000108. The van der Waals surface area contributed by atoms with Crippen molar-refractivity contribution in [1.29, 1.82) is 0 Å². The summed E-state index contributed by atoms with van der Waals surface area (Å²) in [6.07, 6.45) is 0. The molecule has 2 nitrogen and oxygen atoms in total. The number of benzene rings is 2. The van der Waals surface area contributed by atoms with Crippen LogP contribution in [0.5, 0.6) is 0 Å². The molecule has 86 valence electrons. The number of halogens is 1. The van der Waals surface area contributed by atoms with Gasteiger partial charge in [0.2, 0.25) is 0 Å². The maximum atomic E-state index is 6.00. The minimum absolute atomic E-state index is 0. The molecule has 4 heteroatoms. The number of para-hydroxylation sites is 1. The van der Waals surface area contributed by atoms with Gasteiger partial charge in [0, 0.05) is 15.4 Å². The molecule has 0 aliphatic carbocycles. The molecule has 0 spiro atoms. The molecule has 0 saturated heterocycles. The lowest BCUT2D eigenvalue weighted by Gasteiger charge is -2.04.